The summed E-state index contributed by atoms with van der Waals surface area (Å²) in [7, 11) is 0. The molecule has 4 nitrogen and oxygen atoms in total. The lowest BCUT2D eigenvalue weighted by atomic mass is 10.1. The second-order valence-corrected chi connectivity index (χ2v) is 4.44. The summed E-state index contributed by atoms with van der Waals surface area (Å²) in [5.74, 6) is -1.47. The molecule has 0 aliphatic heterocycles. The standard InChI is InChI=1S/C13H14F3NO3/c1-8(6-12(19)20)17-11(18)7-9-2-4-10(5-3-9)13(14,15)16/h2-5,8H,6-7H2,1H3,(H,17,18)(H,19,20). The molecule has 0 aliphatic rings. The fourth-order valence-electron chi connectivity index (χ4n) is 1.64. The topological polar surface area (TPSA) is 66.4 Å². The summed E-state index contributed by atoms with van der Waals surface area (Å²) in [4.78, 5) is 22.0. The minimum absolute atomic E-state index is 0.0951. The molecule has 2 N–H and O–H groups in total. The number of carbonyl (C=O) groups is 2. The van der Waals surface area contributed by atoms with Gasteiger partial charge >= 0.3 is 12.1 Å². The third kappa shape index (κ3) is 5.29. The maximum Gasteiger partial charge on any atom is 0.416 e. The van der Waals surface area contributed by atoms with Crippen LogP contribution >= 0.6 is 0 Å². The van der Waals surface area contributed by atoms with Crippen LogP contribution in [0.4, 0.5) is 13.2 Å². The molecule has 1 rings (SSSR count). The molecule has 7 heteroatoms. The van der Waals surface area contributed by atoms with Crippen molar-refractivity contribution in [2.75, 3.05) is 0 Å². The first-order valence-electron chi connectivity index (χ1n) is 5.86. The van der Waals surface area contributed by atoms with E-state index in [2.05, 4.69) is 5.32 Å². The van der Waals surface area contributed by atoms with Gasteiger partial charge in [-0.25, -0.2) is 0 Å². The van der Waals surface area contributed by atoms with Gasteiger partial charge in [-0.2, -0.15) is 13.2 Å². The van der Waals surface area contributed by atoms with E-state index in [0.29, 0.717) is 5.56 Å². The lowest BCUT2D eigenvalue weighted by Gasteiger charge is -2.12. The van der Waals surface area contributed by atoms with Gasteiger partial charge in [0.25, 0.3) is 0 Å². The third-order valence-corrected chi connectivity index (χ3v) is 2.53. The van der Waals surface area contributed by atoms with Gasteiger partial charge in [0.1, 0.15) is 0 Å². The Hall–Kier alpha value is -2.05. The van der Waals surface area contributed by atoms with Crippen molar-refractivity contribution < 1.29 is 27.9 Å². The zero-order chi connectivity index (χ0) is 15.3. The summed E-state index contributed by atoms with van der Waals surface area (Å²) in [6.07, 6.45) is -4.71. The van der Waals surface area contributed by atoms with Gasteiger partial charge in [-0.1, -0.05) is 12.1 Å². The quantitative estimate of drug-likeness (QED) is 0.873. The highest BCUT2D eigenvalue weighted by atomic mass is 19.4. The van der Waals surface area contributed by atoms with Gasteiger partial charge in [0, 0.05) is 6.04 Å². The minimum atomic E-state index is -4.41. The van der Waals surface area contributed by atoms with E-state index in [1.807, 2.05) is 0 Å². The molecule has 0 spiro atoms. The zero-order valence-electron chi connectivity index (χ0n) is 10.7. The number of nitrogens with one attached hydrogen (secondary N) is 1. The minimum Gasteiger partial charge on any atom is -0.481 e. The predicted octanol–water partition coefficient (Wildman–Crippen LogP) is 2.23. The molecule has 0 aromatic heterocycles. The van der Waals surface area contributed by atoms with Gasteiger partial charge in [-0.05, 0) is 24.6 Å². The number of rotatable bonds is 5. The number of hydrogen-bond acceptors (Lipinski definition) is 2. The highest BCUT2D eigenvalue weighted by Gasteiger charge is 2.29. The Balaban J connectivity index is 2.56. The maximum absolute atomic E-state index is 12.3. The molecule has 1 atom stereocenters. The molecule has 0 fully saturated rings. The number of alkyl halides is 3. The molecule has 0 radical (unpaired) electrons. The highest BCUT2D eigenvalue weighted by molar-refractivity contribution is 5.79. The molecule has 110 valence electrons. The molecule has 1 aromatic carbocycles. The van der Waals surface area contributed by atoms with Crippen molar-refractivity contribution in [2.45, 2.75) is 32.0 Å². The van der Waals surface area contributed by atoms with Gasteiger partial charge in [-0.3, -0.25) is 9.59 Å². The summed E-state index contributed by atoms with van der Waals surface area (Å²) in [6, 6.07) is 3.73. The fourth-order valence-corrected chi connectivity index (χ4v) is 1.64. The number of carboxylic acid groups (broad SMARTS) is 1. The van der Waals surface area contributed by atoms with Gasteiger partial charge < -0.3 is 10.4 Å². The smallest absolute Gasteiger partial charge is 0.416 e. The zero-order valence-corrected chi connectivity index (χ0v) is 10.7. The molecular weight excluding hydrogens is 275 g/mol. The van der Waals surface area contributed by atoms with Crippen LogP contribution < -0.4 is 5.32 Å². The number of carboxylic acids is 1. The van der Waals surface area contributed by atoms with Crippen LogP contribution in [0, 0.1) is 0 Å². The molecule has 0 saturated carbocycles. The molecule has 0 heterocycles. The molecular formula is C13H14F3NO3. The van der Waals surface area contributed by atoms with Gasteiger partial charge in [0.2, 0.25) is 5.91 Å². The van der Waals surface area contributed by atoms with Crippen molar-refractivity contribution in [3.8, 4) is 0 Å². The average molecular weight is 289 g/mol. The summed E-state index contributed by atoms with van der Waals surface area (Å²) >= 11 is 0. The second-order valence-electron chi connectivity index (χ2n) is 4.44. The first-order chi connectivity index (χ1) is 9.18. The molecule has 0 saturated heterocycles. The summed E-state index contributed by atoms with van der Waals surface area (Å²) in [5, 5.41) is 11.0. The summed E-state index contributed by atoms with van der Waals surface area (Å²) in [5.41, 5.74) is -0.348. The lowest BCUT2D eigenvalue weighted by molar-refractivity contribution is -0.138. The largest absolute Gasteiger partial charge is 0.481 e. The Bertz CT molecular complexity index is 483. The monoisotopic (exact) mass is 289 g/mol. The van der Waals surface area contributed by atoms with Crippen LogP contribution in [0.15, 0.2) is 24.3 Å². The van der Waals surface area contributed by atoms with E-state index in [4.69, 9.17) is 5.11 Å². The first-order valence-corrected chi connectivity index (χ1v) is 5.86. The second kappa shape index (κ2) is 6.40. The fraction of sp³-hybridized carbons (Fsp3) is 0.385. The van der Waals surface area contributed by atoms with Crippen molar-refractivity contribution in [1.29, 1.82) is 0 Å². The van der Waals surface area contributed by atoms with Gasteiger partial charge in [0.15, 0.2) is 0 Å². The van der Waals surface area contributed by atoms with E-state index in [9.17, 15) is 22.8 Å². The Labute approximate surface area is 113 Å². The molecule has 0 aliphatic carbocycles. The van der Waals surface area contributed by atoms with E-state index in [0.717, 1.165) is 12.1 Å². The number of carbonyl (C=O) groups excluding carboxylic acids is 1. The van der Waals surface area contributed by atoms with E-state index >= 15 is 0 Å². The van der Waals surface area contributed by atoms with E-state index in [1.165, 1.54) is 12.1 Å². The van der Waals surface area contributed by atoms with Crippen LogP contribution in [-0.2, 0) is 22.2 Å². The average Bonchev–Trinajstić information content (AvgIpc) is 2.26. The maximum atomic E-state index is 12.3. The lowest BCUT2D eigenvalue weighted by Crippen LogP contribution is -2.35. The van der Waals surface area contributed by atoms with Crippen molar-refractivity contribution in [1.82, 2.24) is 5.32 Å². The first kappa shape index (κ1) is 16.0. The Morgan fingerprint density at radius 3 is 2.25 bits per heavy atom. The Morgan fingerprint density at radius 1 is 1.25 bits per heavy atom. The SMILES string of the molecule is CC(CC(=O)O)NC(=O)Cc1ccc(C(F)(F)F)cc1. The number of benzene rings is 1. The number of halogens is 3. The molecule has 0 bridgehead atoms. The summed E-state index contributed by atoms with van der Waals surface area (Å²) in [6.45, 7) is 1.54. The summed E-state index contributed by atoms with van der Waals surface area (Å²) < 4.78 is 37.0. The van der Waals surface area contributed by atoms with E-state index in [-0.39, 0.29) is 12.8 Å². The number of aliphatic carboxylic acids is 1. The van der Waals surface area contributed by atoms with Crippen LogP contribution in [0.5, 0.6) is 0 Å². The van der Waals surface area contributed by atoms with Crippen molar-refractivity contribution in [3.05, 3.63) is 35.4 Å². The Kier molecular flexibility index (Phi) is 5.12. The molecule has 1 amide bonds. The van der Waals surface area contributed by atoms with Crippen LogP contribution in [0.25, 0.3) is 0 Å². The molecule has 20 heavy (non-hydrogen) atoms. The van der Waals surface area contributed by atoms with Crippen LogP contribution in [0.3, 0.4) is 0 Å². The normalized spacial score (nSPS) is 12.8. The van der Waals surface area contributed by atoms with Gasteiger partial charge in [-0.15, -0.1) is 0 Å². The number of amides is 1. The third-order valence-electron chi connectivity index (χ3n) is 2.53. The van der Waals surface area contributed by atoms with E-state index in [1.54, 1.807) is 6.92 Å². The van der Waals surface area contributed by atoms with E-state index < -0.39 is 29.7 Å². The van der Waals surface area contributed by atoms with Crippen LogP contribution in [-0.4, -0.2) is 23.0 Å². The Morgan fingerprint density at radius 2 is 1.80 bits per heavy atom. The van der Waals surface area contributed by atoms with Gasteiger partial charge in [0.05, 0.1) is 18.4 Å². The van der Waals surface area contributed by atoms with Crippen LogP contribution in [0.2, 0.25) is 0 Å². The van der Waals surface area contributed by atoms with Crippen molar-refractivity contribution >= 4 is 11.9 Å². The number of hydrogen-bond donors (Lipinski definition) is 2. The molecule has 1 unspecified atom stereocenters. The predicted molar refractivity (Wildman–Crippen MR) is 65.0 cm³/mol. The molecule has 1 aromatic rings. The van der Waals surface area contributed by atoms with Crippen LogP contribution in [0.1, 0.15) is 24.5 Å². The highest BCUT2D eigenvalue weighted by Crippen LogP contribution is 2.29. The van der Waals surface area contributed by atoms with Crippen molar-refractivity contribution in [3.63, 3.8) is 0 Å². The van der Waals surface area contributed by atoms with Crippen molar-refractivity contribution in [2.24, 2.45) is 0 Å².